The van der Waals surface area contributed by atoms with Crippen molar-refractivity contribution in [3.05, 3.63) is 58.7 Å². The van der Waals surface area contributed by atoms with Crippen molar-refractivity contribution in [2.24, 2.45) is 0 Å². The molecule has 2 aromatic rings. The summed E-state index contributed by atoms with van der Waals surface area (Å²) in [6.45, 7) is 0.556. The van der Waals surface area contributed by atoms with E-state index >= 15 is 0 Å². The first kappa shape index (κ1) is 23.5. The van der Waals surface area contributed by atoms with E-state index in [2.05, 4.69) is 10.6 Å². The molecule has 2 aromatic carbocycles. The van der Waals surface area contributed by atoms with Gasteiger partial charge in [0.2, 0.25) is 11.8 Å². The van der Waals surface area contributed by atoms with Gasteiger partial charge in [-0.15, -0.1) is 0 Å². The molecule has 0 saturated carbocycles. The molecule has 4 aliphatic rings. The fourth-order valence-electron chi connectivity index (χ4n) is 5.54. The number of rotatable bonds is 2. The third kappa shape index (κ3) is 3.74. The molecular weight excluding hydrogens is 493 g/mol. The highest BCUT2D eigenvalue weighted by atomic mass is 19.4. The van der Waals surface area contributed by atoms with Gasteiger partial charge in [-0.3, -0.25) is 24.6 Å². The van der Waals surface area contributed by atoms with Gasteiger partial charge >= 0.3 is 12.2 Å². The Labute approximate surface area is 208 Å². The number of halogens is 3. The van der Waals surface area contributed by atoms with E-state index in [-0.39, 0.29) is 50.8 Å². The maximum atomic E-state index is 13.4. The van der Waals surface area contributed by atoms with Crippen LogP contribution in [-0.2, 0) is 33.5 Å². The number of ether oxygens (including phenoxy) is 1. The van der Waals surface area contributed by atoms with Gasteiger partial charge < -0.3 is 15.0 Å². The lowest BCUT2D eigenvalue weighted by molar-refractivity contribution is -0.138. The standard InChI is InChI=1S/C25H21F3N4O5/c26-25(27,28)15-1-4-18-13(7-15)9-24(11-37-12-24)32(18)23(36)29-16-2-3-17-14(8-16)10-31(22(17)35)19-5-6-20(33)30-21(19)34/h1-4,7-8,19H,5-6,9-12H2,(H,29,36)(H,30,33,34). The molecule has 4 heterocycles. The molecule has 0 aromatic heterocycles. The molecule has 2 N–H and O–H groups in total. The van der Waals surface area contributed by atoms with E-state index in [4.69, 9.17) is 4.74 Å². The van der Waals surface area contributed by atoms with Crippen LogP contribution in [0.1, 0.15) is 39.9 Å². The van der Waals surface area contributed by atoms with Gasteiger partial charge in [-0.25, -0.2) is 4.79 Å². The Kier molecular flexibility index (Phi) is 5.10. The van der Waals surface area contributed by atoms with Crippen LogP contribution >= 0.6 is 0 Å². The van der Waals surface area contributed by atoms with Crippen molar-refractivity contribution < 1.29 is 37.1 Å². The lowest BCUT2D eigenvalue weighted by atomic mass is 9.92. The zero-order chi connectivity index (χ0) is 26.1. The molecule has 0 radical (unpaired) electrons. The molecule has 4 aliphatic heterocycles. The Morgan fingerprint density at radius 1 is 1.08 bits per heavy atom. The summed E-state index contributed by atoms with van der Waals surface area (Å²) < 4.78 is 45.0. The van der Waals surface area contributed by atoms with Crippen molar-refractivity contribution >= 4 is 35.1 Å². The molecule has 1 unspecified atom stereocenters. The second-order valence-corrected chi connectivity index (χ2v) is 9.77. The Bertz CT molecular complexity index is 1370. The maximum Gasteiger partial charge on any atom is 0.416 e. The quantitative estimate of drug-likeness (QED) is 0.600. The number of amides is 5. The average Bonchev–Trinajstić information content (AvgIpc) is 3.33. The minimum absolute atomic E-state index is 0.144. The summed E-state index contributed by atoms with van der Waals surface area (Å²) in [5, 5.41) is 5.06. The number of anilines is 2. The summed E-state index contributed by atoms with van der Waals surface area (Å²) >= 11 is 0. The monoisotopic (exact) mass is 514 g/mol. The Hall–Kier alpha value is -3.93. The predicted molar refractivity (Wildman–Crippen MR) is 123 cm³/mol. The smallest absolute Gasteiger partial charge is 0.376 e. The van der Waals surface area contributed by atoms with E-state index in [0.29, 0.717) is 28.1 Å². The molecule has 0 bridgehead atoms. The topological polar surface area (TPSA) is 108 Å². The fourth-order valence-corrected chi connectivity index (χ4v) is 5.54. The summed E-state index contributed by atoms with van der Waals surface area (Å²) in [7, 11) is 0. The first-order chi connectivity index (χ1) is 17.6. The van der Waals surface area contributed by atoms with E-state index in [9.17, 15) is 32.3 Å². The normalized spacial score (nSPS) is 22.0. The third-order valence-corrected chi connectivity index (χ3v) is 7.36. The summed E-state index contributed by atoms with van der Waals surface area (Å²) in [5.41, 5.74) is 0.710. The molecule has 5 amide bonds. The van der Waals surface area contributed by atoms with Crippen LogP contribution in [0.25, 0.3) is 0 Å². The molecule has 1 atom stereocenters. The molecule has 6 rings (SSSR count). The molecule has 192 valence electrons. The van der Waals surface area contributed by atoms with E-state index < -0.39 is 35.3 Å². The zero-order valence-electron chi connectivity index (χ0n) is 19.4. The minimum atomic E-state index is -4.49. The van der Waals surface area contributed by atoms with Gasteiger partial charge in [-0.05, 0) is 53.9 Å². The van der Waals surface area contributed by atoms with Crippen LogP contribution in [-0.4, -0.2) is 53.4 Å². The molecular formula is C25H21F3N4O5. The number of nitrogens with zero attached hydrogens (tertiary/aromatic N) is 2. The van der Waals surface area contributed by atoms with Crippen LogP contribution in [0.4, 0.5) is 29.3 Å². The summed E-state index contributed by atoms with van der Waals surface area (Å²) in [5.74, 6) is -1.22. The van der Waals surface area contributed by atoms with Gasteiger partial charge in [0, 0.05) is 36.3 Å². The molecule has 9 nitrogen and oxygen atoms in total. The van der Waals surface area contributed by atoms with E-state index in [1.54, 1.807) is 18.2 Å². The zero-order valence-corrected chi connectivity index (χ0v) is 19.4. The maximum absolute atomic E-state index is 13.4. The van der Waals surface area contributed by atoms with Crippen LogP contribution in [0.3, 0.4) is 0 Å². The number of alkyl halides is 3. The number of carbonyl (C=O) groups is 4. The molecule has 0 aliphatic carbocycles. The van der Waals surface area contributed by atoms with Crippen LogP contribution in [0, 0.1) is 0 Å². The highest BCUT2D eigenvalue weighted by Crippen LogP contribution is 2.45. The molecule has 37 heavy (non-hydrogen) atoms. The summed E-state index contributed by atoms with van der Waals surface area (Å²) in [4.78, 5) is 52.9. The lowest BCUT2D eigenvalue weighted by Crippen LogP contribution is -2.63. The Morgan fingerprint density at radius 2 is 1.86 bits per heavy atom. The number of carbonyl (C=O) groups excluding carboxylic acids is 4. The van der Waals surface area contributed by atoms with Crippen molar-refractivity contribution in [2.45, 2.75) is 43.6 Å². The summed E-state index contributed by atoms with van der Waals surface area (Å²) in [6, 6.07) is 6.85. The summed E-state index contributed by atoms with van der Waals surface area (Å²) in [6.07, 6.45) is -3.86. The van der Waals surface area contributed by atoms with E-state index in [1.807, 2.05) is 0 Å². The SMILES string of the molecule is O=C1CCC(N2Cc3cc(NC(=O)N4c5ccc(C(F)(F)F)cc5CC45COC5)ccc3C2=O)C(=O)N1. The van der Waals surface area contributed by atoms with Crippen LogP contribution in [0.2, 0.25) is 0 Å². The number of imide groups is 1. The van der Waals surface area contributed by atoms with Gasteiger partial charge in [-0.1, -0.05) is 0 Å². The van der Waals surface area contributed by atoms with Crippen LogP contribution in [0.15, 0.2) is 36.4 Å². The first-order valence-electron chi connectivity index (χ1n) is 11.7. The van der Waals surface area contributed by atoms with Crippen molar-refractivity contribution in [2.75, 3.05) is 23.4 Å². The second kappa shape index (κ2) is 8.04. The lowest BCUT2D eigenvalue weighted by Gasteiger charge is -2.45. The molecule has 2 saturated heterocycles. The second-order valence-electron chi connectivity index (χ2n) is 9.77. The van der Waals surface area contributed by atoms with Crippen molar-refractivity contribution in [3.8, 4) is 0 Å². The van der Waals surface area contributed by atoms with Gasteiger partial charge in [0.1, 0.15) is 11.6 Å². The van der Waals surface area contributed by atoms with Crippen LogP contribution in [0.5, 0.6) is 0 Å². The molecule has 1 spiro atoms. The highest BCUT2D eigenvalue weighted by molar-refractivity contribution is 6.07. The number of hydrogen-bond acceptors (Lipinski definition) is 5. The van der Waals surface area contributed by atoms with Gasteiger partial charge in [0.25, 0.3) is 5.91 Å². The highest BCUT2D eigenvalue weighted by Gasteiger charge is 2.53. The van der Waals surface area contributed by atoms with Crippen molar-refractivity contribution in [3.63, 3.8) is 0 Å². The number of fused-ring (bicyclic) bond motifs is 2. The largest absolute Gasteiger partial charge is 0.416 e. The molecule has 12 heteroatoms. The molecule has 2 fully saturated rings. The van der Waals surface area contributed by atoms with Gasteiger partial charge in [0.15, 0.2) is 0 Å². The average molecular weight is 514 g/mol. The predicted octanol–water partition coefficient (Wildman–Crippen LogP) is 2.83. The van der Waals surface area contributed by atoms with Gasteiger partial charge in [0.05, 0.1) is 18.8 Å². The fraction of sp³-hybridized carbons (Fsp3) is 0.360. The Balaban J connectivity index is 1.23. The van der Waals surface area contributed by atoms with E-state index in [1.165, 1.54) is 15.9 Å². The van der Waals surface area contributed by atoms with Gasteiger partial charge in [-0.2, -0.15) is 13.2 Å². The van der Waals surface area contributed by atoms with Crippen molar-refractivity contribution in [1.82, 2.24) is 10.2 Å². The first-order valence-corrected chi connectivity index (χ1v) is 11.7. The number of nitrogens with one attached hydrogen (secondary N) is 2. The number of benzene rings is 2. The Morgan fingerprint density at radius 3 is 2.54 bits per heavy atom. The van der Waals surface area contributed by atoms with Crippen LogP contribution < -0.4 is 15.5 Å². The number of piperidine rings is 1. The third-order valence-electron chi connectivity index (χ3n) is 7.36. The van der Waals surface area contributed by atoms with E-state index in [0.717, 1.165) is 12.1 Å². The number of hydrogen-bond donors (Lipinski definition) is 2. The number of urea groups is 1. The minimum Gasteiger partial charge on any atom is -0.376 e. The van der Waals surface area contributed by atoms with Crippen molar-refractivity contribution in [1.29, 1.82) is 0 Å².